The summed E-state index contributed by atoms with van der Waals surface area (Å²) in [6.45, 7) is 5.39. The predicted molar refractivity (Wildman–Crippen MR) is 103 cm³/mol. The Morgan fingerprint density at radius 3 is 2.89 bits per heavy atom. The van der Waals surface area contributed by atoms with E-state index in [4.69, 9.17) is 20.8 Å². The van der Waals surface area contributed by atoms with Gasteiger partial charge >= 0.3 is 6.09 Å². The highest BCUT2D eigenvalue weighted by Gasteiger charge is 2.39. The minimum Gasteiger partial charge on any atom is -0.449 e. The highest BCUT2D eigenvalue weighted by molar-refractivity contribution is 6.31. The quantitative estimate of drug-likeness (QED) is 0.642. The second kappa shape index (κ2) is 6.49. The van der Waals surface area contributed by atoms with Crippen LogP contribution in [0.2, 0.25) is 5.02 Å². The summed E-state index contributed by atoms with van der Waals surface area (Å²) in [6.07, 6.45) is -1.07. The molecule has 2 aromatic heterocycles. The fraction of sp³-hybridized carbons (Fsp3) is 0.421. The van der Waals surface area contributed by atoms with Crippen LogP contribution < -0.4 is 5.56 Å². The molecule has 3 heterocycles. The van der Waals surface area contributed by atoms with Crippen molar-refractivity contribution in [2.75, 3.05) is 6.54 Å². The van der Waals surface area contributed by atoms with E-state index < -0.39 is 29.4 Å². The molecule has 28 heavy (non-hydrogen) atoms. The minimum atomic E-state index is -0.742. The average Bonchev–Trinajstić information content (AvgIpc) is 3.14. The van der Waals surface area contributed by atoms with Gasteiger partial charge in [-0.25, -0.2) is 9.78 Å². The molecule has 2 unspecified atom stereocenters. The molecule has 1 aliphatic rings. The summed E-state index contributed by atoms with van der Waals surface area (Å²) in [5.74, 6) is 0.266. The Labute approximate surface area is 165 Å². The topological polar surface area (TPSA) is 109 Å². The van der Waals surface area contributed by atoms with Gasteiger partial charge in [0.1, 0.15) is 22.5 Å². The molecule has 0 bridgehead atoms. The van der Waals surface area contributed by atoms with E-state index in [1.165, 1.54) is 4.90 Å². The summed E-state index contributed by atoms with van der Waals surface area (Å²) < 4.78 is 11.0. The summed E-state index contributed by atoms with van der Waals surface area (Å²) in [6, 6.07) is 4.39. The maximum Gasteiger partial charge on any atom is 0.411 e. The summed E-state index contributed by atoms with van der Waals surface area (Å²) >= 11 is 6.07. The van der Waals surface area contributed by atoms with E-state index in [0.717, 1.165) is 0 Å². The summed E-state index contributed by atoms with van der Waals surface area (Å²) in [7, 11) is 0. The minimum absolute atomic E-state index is 0.0865. The largest absolute Gasteiger partial charge is 0.449 e. The van der Waals surface area contributed by atoms with Crippen molar-refractivity contribution in [3.05, 3.63) is 39.4 Å². The Kier molecular flexibility index (Phi) is 4.35. The molecule has 3 aromatic rings. The molecular weight excluding hydrogens is 386 g/mol. The fourth-order valence-corrected chi connectivity index (χ4v) is 3.57. The number of hydrogen-bond donors (Lipinski definition) is 2. The van der Waals surface area contributed by atoms with Crippen LogP contribution in [-0.4, -0.2) is 44.3 Å². The van der Waals surface area contributed by atoms with E-state index in [0.29, 0.717) is 21.5 Å². The molecule has 1 aromatic carbocycles. The number of furan rings is 1. The molecule has 8 nitrogen and oxygen atoms in total. The number of carbonyl (C=O) groups is 1. The number of H-pyrrole nitrogens is 1. The molecule has 148 valence electrons. The Morgan fingerprint density at radius 1 is 1.43 bits per heavy atom. The number of nitrogens with zero attached hydrogens (tertiary/aromatic N) is 2. The average molecular weight is 406 g/mol. The van der Waals surface area contributed by atoms with E-state index in [1.54, 1.807) is 39.0 Å². The molecule has 4 rings (SSSR count). The fourth-order valence-electron chi connectivity index (χ4n) is 3.40. The van der Waals surface area contributed by atoms with E-state index in [1.807, 2.05) is 0 Å². The van der Waals surface area contributed by atoms with Gasteiger partial charge in [0.2, 0.25) is 5.58 Å². The van der Waals surface area contributed by atoms with Gasteiger partial charge in [-0.05, 0) is 39.0 Å². The van der Waals surface area contributed by atoms with Crippen LogP contribution in [0.5, 0.6) is 0 Å². The molecule has 1 aliphatic heterocycles. The van der Waals surface area contributed by atoms with Crippen molar-refractivity contribution in [1.29, 1.82) is 0 Å². The number of β-amino-alcohol motifs (C(OH)–C–C–N with tert-alkyl or cyclic N) is 1. The molecule has 1 saturated heterocycles. The second-order valence-electron chi connectivity index (χ2n) is 7.91. The number of amides is 1. The number of aromatic amines is 1. The molecule has 2 atom stereocenters. The lowest BCUT2D eigenvalue weighted by Gasteiger charge is -2.27. The first-order valence-corrected chi connectivity index (χ1v) is 9.30. The number of rotatable bonds is 1. The van der Waals surface area contributed by atoms with Crippen molar-refractivity contribution in [3.8, 4) is 0 Å². The van der Waals surface area contributed by atoms with E-state index in [9.17, 15) is 14.7 Å². The third-order valence-electron chi connectivity index (χ3n) is 4.53. The van der Waals surface area contributed by atoms with Crippen molar-refractivity contribution in [2.45, 2.75) is 44.9 Å². The van der Waals surface area contributed by atoms with Crippen LogP contribution in [0.1, 0.15) is 39.1 Å². The number of ether oxygens (including phenoxy) is 1. The normalized spacial score (nSPS) is 20.2. The second-order valence-corrected chi connectivity index (χ2v) is 8.35. The van der Waals surface area contributed by atoms with Crippen LogP contribution >= 0.6 is 11.6 Å². The number of likely N-dealkylation sites (tertiary alicyclic amines) is 1. The smallest absolute Gasteiger partial charge is 0.411 e. The number of benzene rings is 1. The van der Waals surface area contributed by atoms with E-state index in [-0.39, 0.29) is 24.4 Å². The van der Waals surface area contributed by atoms with Crippen LogP contribution in [0.15, 0.2) is 27.4 Å². The Bertz CT molecular complexity index is 1130. The summed E-state index contributed by atoms with van der Waals surface area (Å²) in [5, 5.41) is 11.2. The maximum atomic E-state index is 12.6. The van der Waals surface area contributed by atoms with Crippen LogP contribution in [0.25, 0.3) is 22.1 Å². The number of aliphatic hydroxyl groups excluding tert-OH is 1. The van der Waals surface area contributed by atoms with E-state index >= 15 is 0 Å². The van der Waals surface area contributed by atoms with Crippen molar-refractivity contribution >= 4 is 39.8 Å². The number of aliphatic hydroxyl groups is 1. The lowest BCUT2D eigenvalue weighted by molar-refractivity contribution is 0.0201. The molecule has 0 aliphatic carbocycles. The van der Waals surface area contributed by atoms with Gasteiger partial charge in [0, 0.05) is 16.8 Å². The van der Waals surface area contributed by atoms with Gasteiger partial charge in [0.15, 0.2) is 0 Å². The molecule has 0 saturated carbocycles. The first kappa shape index (κ1) is 18.8. The molecule has 1 amide bonds. The number of halogens is 1. The number of fused-ring (bicyclic) bond motifs is 3. The zero-order valence-corrected chi connectivity index (χ0v) is 16.4. The van der Waals surface area contributed by atoms with Crippen molar-refractivity contribution in [1.82, 2.24) is 14.9 Å². The standard InChI is InChI=1S/C19H20ClN3O5/c1-19(2,3)28-18(26)23-8-10(24)7-12(23)16-21-14-11-6-9(20)4-5-13(11)27-15(14)17(25)22-16/h4-6,10,12,24H,7-8H2,1-3H3,(H,21,22,25). The zero-order valence-electron chi connectivity index (χ0n) is 15.7. The number of carbonyl (C=O) groups excluding carboxylic acids is 1. The first-order valence-electron chi connectivity index (χ1n) is 8.92. The first-order chi connectivity index (χ1) is 13.1. The van der Waals surface area contributed by atoms with Gasteiger partial charge in [-0.1, -0.05) is 11.6 Å². The lowest BCUT2D eigenvalue weighted by atomic mass is 10.1. The van der Waals surface area contributed by atoms with E-state index in [2.05, 4.69) is 9.97 Å². The molecule has 1 fully saturated rings. The molecular formula is C19H20ClN3O5. The predicted octanol–water partition coefficient (Wildman–Crippen LogP) is 3.37. The van der Waals surface area contributed by atoms with Crippen LogP contribution in [-0.2, 0) is 4.74 Å². The van der Waals surface area contributed by atoms with Crippen LogP contribution in [0.3, 0.4) is 0 Å². The van der Waals surface area contributed by atoms with Crippen molar-refractivity contribution < 1.29 is 19.1 Å². The monoisotopic (exact) mass is 405 g/mol. The number of aromatic nitrogens is 2. The zero-order chi connectivity index (χ0) is 20.2. The van der Waals surface area contributed by atoms with Gasteiger partial charge in [-0.2, -0.15) is 0 Å². The maximum absolute atomic E-state index is 12.6. The van der Waals surface area contributed by atoms with Gasteiger partial charge in [-0.3, -0.25) is 9.69 Å². The summed E-state index contributed by atoms with van der Waals surface area (Å²) in [4.78, 5) is 33.8. The third-order valence-corrected chi connectivity index (χ3v) is 4.76. The van der Waals surface area contributed by atoms with Crippen molar-refractivity contribution in [3.63, 3.8) is 0 Å². The highest BCUT2D eigenvalue weighted by atomic mass is 35.5. The Balaban J connectivity index is 1.80. The van der Waals surface area contributed by atoms with Gasteiger partial charge < -0.3 is 19.2 Å². The SMILES string of the molecule is CC(C)(C)OC(=O)N1CC(O)CC1c1nc2c(oc3ccc(Cl)cc32)c(=O)[nH]1. The summed E-state index contributed by atoms with van der Waals surface area (Å²) in [5.41, 5.74) is -0.203. The Morgan fingerprint density at radius 2 is 2.18 bits per heavy atom. The Hall–Kier alpha value is -2.58. The van der Waals surface area contributed by atoms with Gasteiger partial charge in [0.05, 0.1) is 18.7 Å². The number of nitrogens with one attached hydrogen (secondary N) is 1. The van der Waals surface area contributed by atoms with Crippen LogP contribution in [0, 0.1) is 0 Å². The van der Waals surface area contributed by atoms with Crippen molar-refractivity contribution in [2.24, 2.45) is 0 Å². The molecule has 9 heteroatoms. The van der Waals surface area contributed by atoms with Gasteiger partial charge in [-0.15, -0.1) is 0 Å². The highest BCUT2D eigenvalue weighted by Crippen LogP contribution is 2.33. The number of hydrogen-bond acceptors (Lipinski definition) is 6. The molecule has 2 N–H and O–H groups in total. The van der Waals surface area contributed by atoms with Crippen LogP contribution in [0.4, 0.5) is 4.79 Å². The lowest BCUT2D eigenvalue weighted by Crippen LogP contribution is -2.38. The van der Waals surface area contributed by atoms with Gasteiger partial charge in [0.25, 0.3) is 5.56 Å². The molecule has 0 spiro atoms. The molecule has 0 radical (unpaired) electrons. The third kappa shape index (κ3) is 3.33.